The number of allylic oxidation sites excluding steroid dienone is 1. The number of Topliss-reactive ketones (excluding diaryl/α,β-unsaturated/α-hetero) is 1. The van der Waals surface area contributed by atoms with Gasteiger partial charge in [-0.15, -0.1) is 0 Å². The largest absolute Gasteiger partial charge is 0.417 e. The van der Waals surface area contributed by atoms with E-state index in [1.54, 1.807) is 30.3 Å². The highest BCUT2D eigenvalue weighted by Gasteiger charge is 2.32. The molecule has 0 saturated carbocycles. The van der Waals surface area contributed by atoms with Crippen molar-refractivity contribution in [1.82, 2.24) is 14.8 Å². The second-order valence-corrected chi connectivity index (χ2v) is 5.97. The third-order valence-corrected chi connectivity index (χ3v) is 3.99. The second kappa shape index (κ2) is 7.66. The van der Waals surface area contributed by atoms with Crippen molar-refractivity contribution in [3.05, 3.63) is 82.3 Å². The number of carbonyl (C=O) groups is 1. The van der Waals surface area contributed by atoms with E-state index in [1.165, 1.54) is 18.3 Å². The molecule has 1 aromatic carbocycles. The van der Waals surface area contributed by atoms with Crippen LogP contribution in [0.4, 0.5) is 13.2 Å². The second-order valence-electron chi connectivity index (χ2n) is 5.56. The van der Waals surface area contributed by atoms with Crippen LogP contribution in [0.25, 0.3) is 11.9 Å². The molecule has 0 atom stereocenters. The van der Waals surface area contributed by atoms with Crippen LogP contribution in [0.5, 0.6) is 0 Å². The van der Waals surface area contributed by atoms with E-state index >= 15 is 0 Å². The third-order valence-electron chi connectivity index (χ3n) is 3.71. The first kappa shape index (κ1) is 19.3. The number of alkyl halides is 3. The van der Waals surface area contributed by atoms with E-state index in [2.05, 4.69) is 10.1 Å². The molecule has 0 radical (unpaired) electrons. The summed E-state index contributed by atoms with van der Waals surface area (Å²) >= 11 is 5.95. The molecular weight excluding hydrogens is 393 g/mol. The van der Waals surface area contributed by atoms with Crippen LogP contribution in [0.15, 0.2) is 60.4 Å². The first-order valence-electron chi connectivity index (χ1n) is 7.80. The molecular formula is C19H10ClF3N4O. The predicted molar refractivity (Wildman–Crippen MR) is 95.7 cm³/mol. The normalized spacial score (nSPS) is 11.9. The minimum absolute atomic E-state index is 0.0598. The van der Waals surface area contributed by atoms with Crippen LogP contribution >= 0.6 is 11.6 Å². The number of nitriles is 1. The van der Waals surface area contributed by atoms with E-state index < -0.39 is 17.5 Å². The van der Waals surface area contributed by atoms with Gasteiger partial charge in [0.25, 0.3) is 0 Å². The molecule has 0 aliphatic carbocycles. The zero-order chi connectivity index (χ0) is 20.3. The summed E-state index contributed by atoms with van der Waals surface area (Å²) in [4.78, 5) is 16.2. The highest BCUT2D eigenvalue weighted by atomic mass is 35.5. The number of hydrogen-bond acceptors (Lipinski definition) is 4. The van der Waals surface area contributed by atoms with E-state index in [-0.39, 0.29) is 22.1 Å². The summed E-state index contributed by atoms with van der Waals surface area (Å²) in [6, 6.07) is 12.2. The maximum absolute atomic E-state index is 12.8. The minimum atomic E-state index is -4.59. The van der Waals surface area contributed by atoms with Crippen LogP contribution in [-0.2, 0) is 6.18 Å². The Morgan fingerprint density at radius 1 is 1.21 bits per heavy atom. The highest BCUT2D eigenvalue weighted by Crippen LogP contribution is 2.32. The van der Waals surface area contributed by atoms with Crippen molar-refractivity contribution < 1.29 is 18.0 Å². The van der Waals surface area contributed by atoms with Crippen molar-refractivity contribution in [1.29, 1.82) is 5.26 Å². The Balaban J connectivity index is 2.01. The lowest BCUT2D eigenvalue weighted by atomic mass is 10.0. The van der Waals surface area contributed by atoms with E-state index in [0.717, 1.165) is 10.7 Å². The summed E-state index contributed by atoms with van der Waals surface area (Å²) < 4.78 is 39.5. The molecule has 0 unspecified atom stereocenters. The van der Waals surface area contributed by atoms with Gasteiger partial charge < -0.3 is 0 Å². The molecule has 2 aromatic heterocycles. The van der Waals surface area contributed by atoms with E-state index in [0.29, 0.717) is 11.8 Å². The average Bonchev–Trinajstić information content (AvgIpc) is 3.13. The number of aromatic nitrogens is 3. The SMILES string of the molecule is N#CC(=Cc1ccnn1-c1ncc(C(F)(F)F)cc1Cl)C(=O)c1ccccc1. The minimum Gasteiger partial charge on any atom is -0.288 e. The number of hydrogen-bond donors (Lipinski definition) is 0. The maximum atomic E-state index is 12.8. The summed E-state index contributed by atoms with van der Waals surface area (Å²) in [6.45, 7) is 0. The summed E-state index contributed by atoms with van der Waals surface area (Å²) in [5.74, 6) is -0.558. The molecule has 0 N–H and O–H groups in total. The van der Waals surface area contributed by atoms with Gasteiger partial charge in [0.05, 0.1) is 22.5 Å². The van der Waals surface area contributed by atoms with Crippen molar-refractivity contribution in [2.75, 3.05) is 0 Å². The van der Waals surface area contributed by atoms with Crippen LogP contribution in [0.1, 0.15) is 21.6 Å². The molecule has 9 heteroatoms. The lowest BCUT2D eigenvalue weighted by Gasteiger charge is -2.10. The monoisotopic (exact) mass is 402 g/mol. The smallest absolute Gasteiger partial charge is 0.288 e. The van der Waals surface area contributed by atoms with Crippen molar-refractivity contribution in [2.45, 2.75) is 6.18 Å². The quantitative estimate of drug-likeness (QED) is 0.359. The fourth-order valence-corrected chi connectivity index (χ4v) is 2.63. The topological polar surface area (TPSA) is 71.6 Å². The van der Waals surface area contributed by atoms with Crippen LogP contribution in [0.3, 0.4) is 0 Å². The van der Waals surface area contributed by atoms with Crippen molar-refractivity contribution in [3.63, 3.8) is 0 Å². The van der Waals surface area contributed by atoms with Crippen molar-refractivity contribution in [3.8, 4) is 11.9 Å². The third kappa shape index (κ3) is 3.94. The Morgan fingerprint density at radius 2 is 1.93 bits per heavy atom. The van der Waals surface area contributed by atoms with Gasteiger partial charge in [0.2, 0.25) is 5.78 Å². The van der Waals surface area contributed by atoms with E-state index in [9.17, 15) is 23.2 Å². The zero-order valence-corrected chi connectivity index (χ0v) is 14.7. The van der Waals surface area contributed by atoms with Gasteiger partial charge in [0.15, 0.2) is 5.82 Å². The van der Waals surface area contributed by atoms with Gasteiger partial charge in [-0.2, -0.15) is 23.5 Å². The van der Waals surface area contributed by atoms with Gasteiger partial charge in [0.1, 0.15) is 11.6 Å². The summed E-state index contributed by atoms with van der Waals surface area (Å²) in [6.07, 6.45) is -1.32. The average molecular weight is 403 g/mol. The molecule has 0 saturated heterocycles. The number of carbonyl (C=O) groups excluding carboxylic acids is 1. The number of nitrogens with zero attached hydrogens (tertiary/aromatic N) is 4. The molecule has 2 heterocycles. The number of rotatable bonds is 4. The number of halogens is 4. The molecule has 5 nitrogen and oxygen atoms in total. The van der Waals surface area contributed by atoms with Crippen LogP contribution < -0.4 is 0 Å². The Hall–Kier alpha value is -3.44. The van der Waals surface area contributed by atoms with Crippen molar-refractivity contribution >= 4 is 23.5 Å². The zero-order valence-electron chi connectivity index (χ0n) is 14.0. The number of pyridine rings is 1. The van der Waals surface area contributed by atoms with Crippen LogP contribution in [0, 0.1) is 11.3 Å². The summed E-state index contributed by atoms with van der Waals surface area (Å²) in [5, 5.41) is 13.1. The molecule has 140 valence electrons. The van der Waals surface area contributed by atoms with Crippen LogP contribution in [-0.4, -0.2) is 20.5 Å². The fraction of sp³-hybridized carbons (Fsp3) is 0.0526. The Morgan fingerprint density at radius 3 is 2.54 bits per heavy atom. The van der Waals surface area contributed by atoms with Gasteiger partial charge >= 0.3 is 6.18 Å². The number of benzene rings is 1. The molecule has 0 spiro atoms. The Kier molecular flexibility index (Phi) is 5.29. The maximum Gasteiger partial charge on any atom is 0.417 e. The van der Waals surface area contributed by atoms with Gasteiger partial charge in [-0.05, 0) is 18.2 Å². The highest BCUT2D eigenvalue weighted by molar-refractivity contribution is 6.32. The first-order chi connectivity index (χ1) is 13.3. The summed E-state index contributed by atoms with van der Waals surface area (Å²) in [5.41, 5.74) is -0.583. The Labute approximate surface area is 162 Å². The Bertz CT molecular complexity index is 1100. The van der Waals surface area contributed by atoms with E-state index in [4.69, 9.17) is 11.6 Å². The molecule has 0 fully saturated rings. The lowest BCUT2D eigenvalue weighted by molar-refractivity contribution is -0.137. The molecule has 3 rings (SSSR count). The van der Waals surface area contributed by atoms with Gasteiger partial charge in [-0.25, -0.2) is 9.67 Å². The van der Waals surface area contributed by atoms with Gasteiger partial charge in [-0.1, -0.05) is 41.9 Å². The first-order valence-corrected chi connectivity index (χ1v) is 8.17. The summed E-state index contributed by atoms with van der Waals surface area (Å²) in [7, 11) is 0. The lowest BCUT2D eigenvalue weighted by Crippen LogP contribution is -2.09. The van der Waals surface area contributed by atoms with Gasteiger partial charge in [0, 0.05) is 11.8 Å². The van der Waals surface area contributed by atoms with E-state index in [1.807, 2.05) is 6.07 Å². The van der Waals surface area contributed by atoms with Crippen LogP contribution in [0.2, 0.25) is 5.02 Å². The molecule has 0 amide bonds. The van der Waals surface area contributed by atoms with Crippen molar-refractivity contribution in [2.24, 2.45) is 0 Å². The molecule has 3 aromatic rings. The molecule has 0 aliphatic heterocycles. The molecule has 0 aliphatic rings. The standard InChI is InChI=1S/C19H10ClF3N4O/c20-16-9-14(19(21,22)23)11-25-18(16)27-15(6-7-26-27)8-13(10-24)17(28)12-4-2-1-3-5-12/h1-9,11H. The molecule has 28 heavy (non-hydrogen) atoms. The molecule has 0 bridgehead atoms. The predicted octanol–water partition coefficient (Wildman–Crippen LogP) is 4.73. The number of ketones is 1. The van der Waals surface area contributed by atoms with Gasteiger partial charge in [-0.3, -0.25) is 4.79 Å². The fourth-order valence-electron chi connectivity index (χ4n) is 2.38.